The van der Waals surface area contributed by atoms with Gasteiger partial charge in [0.15, 0.2) is 0 Å². The van der Waals surface area contributed by atoms with Gasteiger partial charge in [0.05, 0.1) is 4.88 Å². The maximum atomic E-state index is 13.0. The van der Waals surface area contributed by atoms with Crippen LogP contribution in [0.4, 0.5) is 0 Å². The van der Waals surface area contributed by atoms with E-state index >= 15 is 0 Å². The number of thiophene rings is 1. The van der Waals surface area contributed by atoms with Crippen LogP contribution in [0.3, 0.4) is 0 Å². The van der Waals surface area contributed by atoms with Gasteiger partial charge in [-0.25, -0.2) is 0 Å². The van der Waals surface area contributed by atoms with Crippen LogP contribution in [0.5, 0.6) is 0 Å². The first-order valence-electron chi connectivity index (χ1n) is 11.5. The van der Waals surface area contributed by atoms with E-state index in [1.807, 2.05) is 50.4 Å². The first kappa shape index (κ1) is 22.5. The zero-order valence-corrected chi connectivity index (χ0v) is 19.3. The van der Waals surface area contributed by atoms with E-state index in [9.17, 15) is 14.4 Å². The molecule has 0 saturated carbocycles. The molecule has 2 aromatic rings. The van der Waals surface area contributed by atoms with Crippen LogP contribution in [-0.2, 0) is 16.0 Å². The average Bonchev–Trinajstić information content (AvgIpc) is 3.39. The van der Waals surface area contributed by atoms with E-state index in [2.05, 4.69) is 12.1 Å². The lowest BCUT2D eigenvalue weighted by atomic mass is 9.94. The monoisotopic (exact) mass is 453 g/mol. The third kappa shape index (κ3) is 5.57. The Hall–Kier alpha value is -2.67. The third-order valence-electron chi connectivity index (χ3n) is 6.51. The first-order valence-corrected chi connectivity index (χ1v) is 12.4. The molecule has 3 heterocycles. The molecule has 0 spiro atoms. The summed E-state index contributed by atoms with van der Waals surface area (Å²) < 4.78 is 0. The molecule has 1 aromatic carbocycles. The largest absolute Gasteiger partial charge is 0.339 e. The maximum Gasteiger partial charge on any atom is 0.263 e. The molecule has 4 rings (SSSR count). The lowest BCUT2D eigenvalue weighted by molar-refractivity contribution is -0.143. The maximum absolute atomic E-state index is 13.0. The van der Waals surface area contributed by atoms with Crippen LogP contribution in [0.2, 0.25) is 0 Å². The summed E-state index contributed by atoms with van der Waals surface area (Å²) in [6.45, 7) is 3.71. The molecule has 32 heavy (non-hydrogen) atoms. The smallest absolute Gasteiger partial charge is 0.263 e. The van der Waals surface area contributed by atoms with Crippen molar-refractivity contribution in [1.29, 1.82) is 0 Å². The molecule has 0 unspecified atom stereocenters. The van der Waals surface area contributed by atoms with Crippen molar-refractivity contribution in [3.63, 3.8) is 0 Å². The van der Waals surface area contributed by atoms with Crippen molar-refractivity contribution < 1.29 is 14.4 Å². The van der Waals surface area contributed by atoms with Crippen LogP contribution in [0.15, 0.2) is 47.8 Å². The second-order valence-corrected chi connectivity index (χ2v) is 9.54. The molecule has 2 saturated heterocycles. The Bertz CT molecular complexity index is 900. The number of piperazine rings is 1. The second-order valence-electron chi connectivity index (χ2n) is 8.59. The summed E-state index contributed by atoms with van der Waals surface area (Å²) in [5, 5.41) is 1.91. The Balaban J connectivity index is 1.17. The SMILES string of the molecule is O=C(CCCc1ccccc1)N1CCN(C(=O)C2CCN(C(=O)c3cccs3)CC2)CC1. The highest BCUT2D eigenvalue weighted by atomic mass is 32.1. The predicted octanol–water partition coefficient (Wildman–Crippen LogP) is 3.29. The molecular formula is C25H31N3O3S. The number of carbonyl (C=O) groups is 3. The van der Waals surface area contributed by atoms with E-state index in [0.717, 1.165) is 17.7 Å². The van der Waals surface area contributed by atoms with Crippen LogP contribution >= 0.6 is 11.3 Å². The standard InChI is InChI=1S/C25H31N3O3S/c29-23(10-4-8-20-6-2-1-3-7-20)26-15-17-28(18-16-26)24(30)21-11-13-27(14-12-21)25(31)22-9-5-19-32-22/h1-3,5-7,9,19,21H,4,8,10-18H2. The van der Waals surface area contributed by atoms with Gasteiger partial charge in [-0.05, 0) is 42.7 Å². The van der Waals surface area contributed by atoms with E-state index < -0.39 is 0 Å². The molecule has 170 valence electrons. The molecule has 1 aromatic heterocycles. The van der Waals surface area contributed by atoms with Gasteiger partial charge in [-0.1, -0.05) is 36.4 Å². The summed E-state index contributed by atoms with van der Waals surface area (Å²) in [5.74, 6) is 0.429. The van der Waals surface area contributed by atoms with Crippen molar-refractivity contribution in [2.24, 2.45) is 5.92 Å². The topological polar surface area (TPSA) is 60.9 Å². The molecule has 0 N–H and O–H groups in total. The number of rotatable bonds is 6. The number of amides is 3. The van der Waals surface area contributed by atoms with Crippen molar-refractivity contribution in [3.8, 4) is 0 Å². The fourth-order valence-corrected chi connectivity index (χ4v) is 5.26. The second kappa shape index (κ2) is 10.8. The molecule has 6 nitrogen and oxygen atoms in total. The molecule has 7 heteroatoms. The molecule has 2 aliphatic rings. The fourth-order valence-electron chi connectivity index (χ4n) is 4.57. The number of hydrogen-bond donors (Lipinski definition) is 0. The van der Waals surface area contributed by atoms with Gasteiger partial charge in [0.25, 0.3) is 5.91 Å². The van der Waals surface area contributed by atoms with E-state index in [-0.39, 0.29) is 23.6 Å². The number of aryl methyl sites for hydroxylation is 1. The summed E-state index contributed by atoms with van der Waals surface area (Å²) in [6.07, 6.45) is 3.76. The highest BCUT2D eigenvalue weighted by Crippen LogP contribution is 2.23. The summed E-state index contributed by atoms with van der Waals surface area (Å²) >= 11 is 1.46. The van der Waals surface area contributed by atoms with Gasteiger partial charge < -0.3 is 14.7 Å². The summed E-state index contributed by atoms with van der Waals surface area (Å²) in [7, 11) is 0. The number of carbonyl (C=O) groups excluding carboxylic acids is 3. The molecule has 2 fully saturated rings. The fraction of sp³-hybridized carbons (Fsp3) is 0.480. The average molecular weight is 454 g/mol. The lowest BCUT2D eigenvalue weighted by Gasteiger charge is -2.38. The predicted molar refractivity (Wildman–Crippen MR) is 125 cm³/mol. The van der Waals surface area contributed by atoms with Gasteiger partial charge in [0.2, 0.25) is 11.8 Å². The van der Waals surface area contributed by atoms with Gasteiger partial charge in [-0.2, -0.15) is 0 Å². The van der Waals surface area contributed by atoms with Crippen LogP contribution in [0.25, 0.3) is 0 Å². The highest BCUT2D eigenvalue weighted by molar-refractivity contribution is 7.12. The minimum Gasteiger partial charge on any atom is -0.339 e. The highest BCUT2D eigenvalue weighted by Gasteiger charge is 2.32. The van der Waals surface area contributed by atoms with Crippen LogP contribution in [0.1, 0.15) is 40.9 Å². The third-order valence-corrected chi connectivity index (χ3v) is 7.36. The Kier molecular flexibility index (Phi) is 7.58. The van der Waals surface area contributed by atoms with Crippen molar-refractivity contribution in [1.82, 2.24) is 14.7 Å². The zero-order chi connectivity index (χ0) is 22.3. The Morgan fingerprint density at radius 3 is 2.16 bits per heavy atom. The summed E-state index contributed by atoms with van der Waals surface area (Å²) in [5.41, 5.74) is 1.26. The minimum absolute atomic E-state index is 0.0180. The van der Waals surface area contributed by atoms with E-state index in [1.165, 1.54) is 16.9 Å². The Morgan fingerprint density at radius 1 is 0.812 bits per heavy atom. The van der Waals surface area contributed by atoms with Crippen LogP contribution in [0, 0.1) is 5.92 Å². The first-order chi connectivity index (χ1) is 15.6. The van der Waals surface area contributed by atoms with Crippen LogP contribution < -0.4 is 0 Å². The molecule has 3 amide bonds. The quantitative estimate of drug-likeness (QED) is 0.674. The van der Waals surface area contributed by atoms with Gasteiger partial charge in [-0.15, -0.1) is 11.3 Å². The molecule has 0 aliphatic carbocycles. The van der Waals surface area contributed by atoms with Gasteiger partial charge in [0, 0.05) is 51.6 Å². The number of hydrogen-bond acceptors (Lipinski definition) is 4. The Morgan fingerprint density at radius 2 is 1.50 bits per heavy atom. The van der Waals surface area contributed by atoms with Crippen molar-refractivity contribution in [3.05, 3.63) is 58.3 Å². The number of piperidine rings is 1. The lowest BCUT2D eigenvalue weighted by Crippen LogP contribution is -2.53. The van der Waals surface area contributed by atoms with Gasteiger partial charge in [-0.3, -0.25) is 14.4 Å². The summed E-state index contributed by atoms with van der Waals surface area (Å²) in [4.78, 5) is 44.5. The number of likely N-dealkylation sites (tertiary alicyclic amines) is 1. The minimum atomic E-state index is -0.0180. The number of benzene rings is 1. The van der Waals surface area contributed by atoms with Gasteiger partial charge >= 0.3 is 0 Å². The number of nitrogens with zero attached hydrogens (tertiary/aromatic N) is 3. The van der Waals surface area contributed by atoms with Gasteiger partial charge in [0.1, 0.15) is 0 Å². The zero-order valence-electron chi connectivity index (χ0n) is 18.4. The van der Waals surface area contributed by atoms with Crippen LogP contribution in [-0.4, -0.2) is 71.7 Å². The molecule has 0 bridgehead atoms. The van der Waals surface area contributed by atoms with Crippen molar-refractivity contribution in [2.75, 3.05) is 39.3 Å². The van der Waals surface area contributed by atoms with Crippen molar-refractivity contribution in [2.45, 2.75) is 32.1 Å². The molecule has 0 atom stereocenters. The molecule has 0 radical (unpaired) electrons. The molecule has 2 aliphatic heterocycles. The van der Waals surface area contributed by atoms with Crippen molar-refractivity contribution >= 4 is 29.1 Å². The van der Waals surface area contributed by atoms with E-state index in [4.69, 9.17) is 0 Å². The normalized spacial score (nSPS) is 17.4. The molecular weight excluding hydrogens is 422 g/mol. The van der Waals surface area contributed by atoms with E-state index in [1.54, 1.807) is 0 Å². The summed E-state index contributed by atoms with van der Waals surface area (Å²) in [6, 6.07) is 14.0. The Labute approximate surface area is 193 Å². The van der Waals surface area contributed by atoms with E-state index in [0.29, 0.717) is 58.5 Å².